The third-order valence-corrected chi connectivity index (χ3v) is 3.62. The second-order valence-corrected chi connectivity index (χ2v) is 5.18. The molecule has 104 valence electrons. The molecule has 1 aromatic rings. The van der Waals surface area contributed by atoms with Crippen molar-refractivity contribution in [1.82, 2.24) is 15.1 Å². The molecule has 1 N–H and O–H groups in total. The zero-order chi connectivity index (χ0) is 13.4. The third kappa shape index (κ3) is 4.81. The zero-order valence-electron chi connectivity index (χ0n) is 12.5. The molecule has 1 heterocycles. The van der Waals surface area contributed by atoms with Gasteiger partial charge in [0.2, 0.25) is 0 Å². The number of unbranched alkanes of at least 4 members (excludes halogenated alkanes) is 1. The highest BCUT2D eigenvalue weighted by Crippen LogP contribution is 2.12. The number of nitrogens with one attached hydrogen (secondary N) is 1. The van der Waals surface area contributed by atoms with E-state index in [1.54, 1.807) is 0 Å². The Morgan fingerprint density at radius 1 is 1.33 bits per heavy atom. The Morgan fingerprint density at radius 3 is 2.72 bits per heavy atom. The first-order valence-electron chi connectivity index (χ1n) is 7.43. The topological polar surface area (TPSA) is 29.9 Å². The van der Waals surface area contributed by atoms with E-state index in [-0.39, 0.29) is 0 Å². The maximum Gasteiger partial charge on any atom is 0.0666 e. The van der Waals surface area contributed by atoms with Crippen LogP contribution in [0.25, 0.3) is 0 Å². The van der Waals surface area contributed by atoms with Crippen molar-refractivity contribution in [2.75, 3.05) is 6.54 Å². The predicted octanol–water partition coefficient (Wildman–Crippen LogP) is 3.29. The van der Waals surface area contributed by atoms with Crippen molar-refractivity contribution in [1.29, 1.82) is 0 Å². The van der Waals surface area contributed by atoms with Crippen LogP contribution in [0.3, 0.4) is 0 Å². The first kappa shape index (κ1) is 15.2. The second kappa shape index (κ2) is 8.30. The number of rotatable bonds is 9. The second-order valence-electron chi connectivity index (χ2n) is 5.18. The van der Waals surface area contributed by atoms with Gasteiger partial charge in [-0.2, -0.15) is 5.10 Å². The molecule has 0 bridgehead atoms. The van der Waals surface area contributed by atoms with E-state index < -0.39 is 0 Å². The number of aromatic nitrogens is 2. The van der Waals surface area contributed by atoms with Crippen LogP contribution in [0.15, 0.2) is 6.20 Å². The van der Waals surface area contributed by atoms with Gasteiger partial charge in [-0.25, -0.2) is 0 Å². The summed E-state index contributed by atoms with van der Waals surface area (Å²) in [6.07, 6.45) is 8.45. The summed E-state index contributed by atoms with van der Waals surface area (Å²) in [5.74, 6) is 0.826. The lowest BCUT2D eigenvalue weighted by molar-refractivity contribution is 0.419. The minimum Gasteiger partial charge on any atom is -0.312 e. The third-order valence-electron chi connectivity index (χ3n) is 3.62. The summed E-state index contributed by atoms with van der Waals surface area (Å²) in [5, 5.41) is 8.07. The van der Waals surface area contributed by atoms with Crippen LogP contribution in [0.4, 0.5) is 0 Å². The quantitative estimate of drug-likeness (QED) is 0.730. The lowest BCUT2D eigenvalue weighted by atomic mass is 9.99. The normalized spacial score (nSPS) is 12.9. The van der Waals surface area contributed by atoms with Gasteiger partial charge in [0.1, 0.15) is 0 Å². The Bertz CT molecular complexity index is 330. The van der Waals surface area contributed by atoms with Crippen LogP contribution in [0.5, 0.6) is 0 Å². The van der Waals surface area contributed by atoms with E-state index in [1.165, 1.54) is 36.9 Å². The molecule has 3 heteroatoms. The van der Waals surface area contributed by atoms with Gasteiger partial charge in [-0.3, -0.25) is 4.68 Å². The Labute approximate surface area is 112 Å². The van der Waals surface area contributed by atoms with Crippen molar-refractivity contribution in [3.05, 3.63) is 17.5 Å². The van der Waals surface area contributed by atoms with Crippen molar-refractivity contribution in [3.8, 4) is 0 Å². The standard InChI is InChI=1S/C15H29N3/c1-5-8-9-13(6-2)10-16-11-14-12-18(4)17-15(14)7-3/h12-13,16H,5-11H2,1-4H3. The summed E-state index contributed by atoms with van der Waals surface area (Å²) in [6, 6.07) is 0. The van der Waals surface area contributed by atoms with Crippen molar-refractivity contribution in [2.24, 2.45) is 13.0 Å². The summed E-state index contributed by atoms with van der Waals surface area (Å²) >= 11 is 0. The maximum absolute atomic E-state index is 4.47. The molecule has 3 nitrogen and oxygen atoms in total. The van der Waals surface area contributed by atoms with Crippen LogP contribution in [0.1, 0.15) is 57.7 Å². The van der Waals surface area contributed by atoms with Crippen LogP contribution in [-0.2, 0) is 20.0 Å². The number of nitrogens with zero attached hydrogens (tertiary/aromatic N) is 2. The Morgan fingerprint density at radius 2 is 2.11 bits per heavy atom. The molecule has 1 rings (SSSR count). The minimum atomic E-state index is 0.826. The van der Waals surface area contributed by atoms with E-state index in [4.69, 9.17) is 0 Å². The molecule has 0 amide bonds. The first-order valence-corrected chi connectivity index (χ1v) is 7.43. The lowest BCUT2D eigenvalue weighted by Crippen LogP contribution is -2.22. The SMILES string of the molecule is CCCCC(CC)CNCc1cn(C)nc1CC. The van der Waals surface area contributed by atoms with Crippen LogP contribution >= 0.6 is 0 Å². The highest BCUT2D eigenvalue weighted by atomic mass is 15.3. The average Bonchev–Trinajstić information content (AvgIpc) is 2.74. The molecule has 1 atom stereocenters. The first-order chi connectivity index (χ1) is 8.71. The molecular formula is C15H29N3. The maximum atomic E-state index is 4.47. The van der Waals surface area contributed by atoms with Crippen LogP contribution < -0.4 is 5.32 Å². The van der Waals surface area contributed by atoms with Gasteiger partial charge in [-0.05, 0) is 25.3 Å². The van der Waals surface area contributed by atoms with E-state index in [2.05, 4.69) is 37.4 Å². The van der Waals surface area contributed by atoms with E-state index in [9.17, 15) is 0 Å². The fourth-order valence-corrected chi connectivity index (χ4v) is 2.38. The summed E-state index contributed by atoms with van der Waals surface area (Å²) < 4.78 is 1.92. The van der Waals surface area contributed by atoms with Crippen LogP contribution in [0, 0.1) is 5.92 Å². The summed E-state index contributed by atoms with van der Waals surface area (Å²) in [6.45, 7) is 8.82. The van der Waals surface area contributed by atoms with Gasteiger partial charge >= 0.3 is 0 Å². The summed E-state index contributed by atoms with van der Waals surface area (Å²) in [7, 11) is 2.00. The van der Waals surface area contributed by atoms with E-state index in [0.717, 1.165) is 25.4 Å². The van der Waals surface area contributed by atoms with Gasteiger partial charge < -0.3 is 5.32 Å². The van der Waals surface area contributed by atoms with Gasteiger partial charge in [-0.15, -0.1) is 0 Å². The van der Waals surface area contributed by atoms with E-state index in [0.29, 0.717) is 0 Å². The largest absolute Gasteiger partial charge is 0.312 e. The zero-order valence-corrected chi connectivity index (χ0v) is 12.5. The van der Waals surface area contributed by atoms with Crippen molar-refractivity contribution >= 4 is 0 Å². The molecule has 0 saturated carbocycles. The molecule has 0 aromatic carbocycles. The number of hydrogen-bond donors (Lipinski definition) is 1. The molecule has 0 fully saturated rings. The average molecular weight is 251 g/mol. The minimum absolute atomic E-state index is 0.826. The van der Waals surface area contributed by atoms with Crippen LogP contribution in [0.2, 0.25) is 0 Å². The molecule has 18 heavy (non-hydrogen) atoms. The Hall–Kier alpha value is -0.830. The molecular weight excluding hydrogens is 222 g/mol. The lowest BCUT2D eigenvalue weighted by Gasteiger charge is -2.15. The molecule has 0 saturated heterocycles. The molecule has 0 spiro atoms. The Kier molecular flexibility index (Phi) is 7.02. The van der Waals surface area contributed by atoms with Gasteiger partial charge in [-0.1, -0.05) is 40.0 Å². The van der Waals surface area contributed by atoms with Gasteiger partial charge in [0.15, 0.2) is 0 Å². The van der Waals surface area contributed by atoms with Crippen molar-refractivity contribution in [2.45, 2.75) is 59.4 Å². The van der Waals surface area contributed by atoms with Gasteiger partial charge in [0.05, 0.1) is 5.69 Å². The molecule has 1 unspecified atom stereocenters. The van der Waals surface area contributed by atoms with Crippen LogP contribution in [-0.4, -0.2) is 16.3 Å². The van der Waals surface area contributed by atoms with Gasteiger partial charge in [0, 0.05) is 25.4 Å². The molecule has 1 aromatic heterocycles. The fraction of sp³-hybridized carbons (Fsp3) is 0.800. The highest BCUT2D eigenvalue weighted by Gasteiger charge is 2.08. The molecule has 0 aliphatic heterocycles. The van der Waals surface area contributed by atoms with E-state index >= 15 is 0 Å². The van der Waals surface area contributed by atoms with Gasteiger partial charge in [0.25, 0.3) is 0 Å². The van der Waals surface area contributed by atoms with Crippen molar-refractivity contribution in [3.63, 3.8) is 0 Å². The van der Waals surface area contributed by atoms with Crippen molar-refractivity contribution < 1.29 is 0 Å². The molecule has 0 radical (unpaired) electrons. The number of aryl methyl sites for hydroxylation is 2. The summed E-state index contributed by atoms with van der Waals surface area (Å²) in [5.41, 5.74) is 2.58. The highest BCUT2D eigenvalue weighted by molar-refractivity contribution is 5.16. The monoisotopic (exact) mass is 251 g/mol. The smallest absolute Gasteiger partial charge is 0.0666 e. The Balaban J connectivity index is 2.35. The van der Waals surface area contributed by atoms with E-state index in [1.807, 2.05) is 11.7 Å². The number of hydrogen-bond acceptors (Lipinski definition) is 2. The molecule has 0 aliphatic carbocycles. The fourth-order valence-electron chi connectivity index (χ4n) is 2.38. The predicted molar refractivity (Wildman–Crippen MR) is 77.6 cm³/mol. The molecule has 0 aliphatic rings. The summed E-state index contributed by atoms with van der Waals surface area (Å²) in [4.78, 5) is 0.